The van der Waals surface area contributed by atoms with E-state index in [-0.39, 0.29) is 6.04 Å². The lowest BCUT2D eigenvalue weighted by molar-refractivity contribution is 0.483. The molecule has 1 N–H and O–H groups in total. The number of pyridine rings is 1. The molecule has 0 saturated heterocycles. The molecule has 2 nitrogen and oxygen atoms in total. The van der Waals surface area contributed by atoms with Gasteiger partial charge >= 0.3 is 0 Å². The van der Waals surface area contributed by atoms with Crippen molar-refractivity contribution in [1.29, 1.82) is 0 Å². The van der Waals surface area contributed by atoms with E-state index in [1.807, 2.05) is 19.1 Å². The molecule has 0 amide bonds. The van der Waals surface area contributed by atoms with Gasteiger partial charge in [0.1, 0.15) is 0 Å². The minimum Gasteiger partial charge on any atom is -0.314 e. The van der Waals surface area contributed by atoms with Gasteiger partial charge < -0.3 is 5.32 Å². The summed E-state index contributed by atoms with van der Waals surface area (Å²) in [4.78, 5) is 4.00. The fourth-order valence-electron chi connectivity index (χ4n) is 2.41. The van der Waals surface area contributed by atoms with Crippen molar-refractivity contribution in [2.45, 2.75) is 32.2 Å². The molecular formula is C17H20F2N2. The first kappa shape index (κ1) is 15.6. The molecule has 0 radical (unpaired) electrons. The highest BCUT2D eigenvalue weighted by molar-refractivity contribution is 5.19. The van der Waals surface area contributed by atoms with Crippen LogP contribution in [0.4, 0.5) is 8.78 Å². The van der Waals surface area contributed by atoms with Gasteiger partial charge in [-0.3, -0.25) is 4.98 Å². The first-order valence-electron chi connectivity index (χ1n) is 7.25. The Morgan fingerprint density at radius 3 is 2.48 bits per heavy atom. The molecule has 1 aromatic carbocycles. The molecule has 2 aromatic rings. The van der Waals surface area contributed by atoms with E-state index in [1.54, 1.807) is 18.5 Å². The van der Waals surface area contributed by atoms with Gasteiger partial charge in [0.2, 0.25) is 0 Å². The van der Waals surface area contributed by atoms with Gasteiger partial charge in [-0.2, -0.15) is 0 Å². The van der Waals surface area contributed by atoms with Crippen molar-refractivity contribution in [3.05, 3.63) is 65.5 Å². The van der Waals surface area contributed by atoms with Gasteiger partial charge in [-0.05, 0) is 61.2 Å². The van der Waals surface area contributed by atoms with Crippen molar-refractivity contribution >= 4 is 0 Å². The Morgan fingerprint density at radius 1 is 1.05 bits per heavy atom. The number of halogens is 2. The van der Waals surface area contributed by atoms with Gasteiger partial charge in [0, 0.05) is 18.4 Å². The maximum absolute atomic E-state index is 13.3. The highest BCUT2D eigenvalue weighted by Crippen LogP contribution is 2.13. The molecule has 0 aliphatic rings. The maximum Gasteiger partial charge on any atom is 0.159 e. The van der Waals surface area contributed by atoms with Crippen LogP contribution >= 0.6 is 0 Å². The molecule has 0 saturated carbocycles. The predicted octanol–water partition coefficient (Wildman–Crippen LogP) is 3.51. The highest BCUT2D eigenvalue weighted by Gasteiger charge is 2.10. The fraction of sp³-hybridized carbons (Fsp3) is 0.353. The molecule has 112 valence electrons. The lowest BCUT2D eigenvalue weighted by Crippen LogP contribution is -2.31. The van der Waals surface area contributed by atoms with Gasteiger partial charge in [0.25, 0.3) is 0 Å². The molecular weight excluding hydrogens is 270 g/mol. The first-order chi connectivity index (χ1) is 10.2. The number of nitrogens with zero attached hydrogens (tertiary/aromatic N) is 1. The van der Waals surface area contributed by atoms with Crippen molar-refractivity contribution in [1.82, 2.24) is 10.3 Å². The topological polar surface area (TPSA) is 24.9 Å². The average Bonchev–Trinajstić information content (AvgIpc) is 2.50. The standard InChI is InChI=1S/C17H20F2N2/c1-2-21-15(5-3-13-7-9-20-10-8-13)11-14-4-6-16(18)17(19)12-14/h4,6-10,12,15,21H,2-3,5,11H2,1H3. The van der Waals surface area contributed by atoms with Crippen LogP contribution in [0.15, 0.2) is 42.7 Å². The molecule has 2 rings (SSSR count). The van der Waals surface area contributed by atoms with Crippen molar-refractivity contribution < 1.29 is 8.78 Å². The van der Waals surface area contributed by atoms with Gasteiger partial charge in [-0.15, -0.1) is 0 Å². The van der Waals surface area contributed by atoms with Crippen molar-refractivity contribution in [3.8, 4) is 0 Å². The monoisotopic (exact) mass is 290 g/mol. The molecule has 0 aliphatic heterocycles. The van der Waals surface area contributed by atoms with Gasteiger partial charge in [0.05, 0.1) is 0 Å². The van der Waals surface area contributed by atoms with Crippen LogP contribution in [0.2, 0.25) is 0 Å². The molecule has 21 heavy (non-hydrogen) atoms. The second kappa shape index (κ2) is 7.84. The zero-order valence-corrected chi connectivity index (χ0v) is 12.2. The summed E-state index contributed by atoms with van der Waals surface area (Å²) in [5.74, 6) is -1.58. The summed E-state index contributed by atoms with van der Waals surface area (Å²) in [6.07, 6.45) is 6.14. The van der Waals surface area contributed by atoms with Crippen LogP contribution in [-0.4, -0.2) is 17.6 Å². The summed E-state index contributed by atoms with van der Waals surface area (Å²) in [6.45, 7) is 2.90. The van der Waals surface area contributed by atoms with Crippen LogP contribution < -0.4 is 5.32 Å². The molecule has 0 spiro atoms. The SMILES string of the molecule is CCNC(CCc1ccncc1)Cc1ccc(F)c(F)c1. The summed E-state index contributed by atoms with van der Waals surface area (Å²) in [5, 5.41) is 3.40. The molecule has 4 heteroatoms. The van der Waals surface area contributed by atoms with Crippen molar-refractivity contribution in [3.63, 3.8) is 0 Å². The summed E-state index contributed by atoms with van der Waals surface area (Å²) in [6, 6.07) is 8.37. The fourth-order valence-corrected chi connectivity index (χ4v) is 2.41. The van der Waals surface area contributed by atoms with E-state index in [4.69, 9.17) is 0 Å². The number of hydrogen-bond acceptors (Lipinski definition) is 2. The van der Waals surface area contributed by atoms with Crippen molar-refractivity contribution in [2.75, 3.05) is 6.54 Å². The van der Waals surface area contributed by atoms with Crippen LogP contribution in [0.25, 0.3) is 0 Å². The van der Waals surface area contributed by atoms with E-state index in [9.17, 15) is 8.78 Å². The second-order valence-corrected chi connectivity index (χ2v) is 5.10. The average molecular weight is 290 g/mol. The maximum atomic E-state index is 13.3. The highest BCUT2D eigenvalue weighted by atomic mass is 19.2. The van der Waals surface area contributed by atoms with E-state index < -0.39 is 11.6 Å². The quantitative estimate of drug-likeness (QED) is 0.844. The predicted molar refractivity (Wildman–Crippen MR) is 80.1 cm³/mol. The summed E-state index contributed by atoms with van der Waals surface area (Å²) in [5.41, 5.74) is 2.05. The molecule has 1 unspecified atom stereocenters. The molecule has 0 fully saturated rings. The number of likely N-dealkylation sites (N-methyl/N-ethyl adjacent to an activating group) is 1. The van der Waals surface area contributed by atoms with Crippen LogP contribution in [0.5, 0.6) is 0 Å². The van der Waals surface area contributed by atoms with Gasteiger partial charge in [-0.1, -0.05) is 13.0 Å². The Morgan fingerprint density at radius 2 is 1.81 bits per heavy atom. The Labute approximate surface area is 124 Å². The lowest BCUT2D eigenvalue weighted by Gasteiger charge is -2.18. The van der Waals surface area contributed by atoms with E-state index in [0.717, 1.165) is 24.9 Å². The Bertz CT molecular complexity index is 558. The minimum absolute atomic E-state index is 0.244. The lowest BCUT2D eigenvalue weighted by atomic mass is 9.99. The summed E-state index contributed by atoms with van der Waals surface area (Å²) >= 11 is 0. The molecule has 0 bridgehead atoms. The second-order valence-electron chi connectivity index (χ2n) is 5.10. The number of nitrogens with one attached hydrogen (secondary N) is 1. The first-order valence-corrected chi connectivity index (χ1v) is 7.25. The Balaban J connectivity index is 1.96. The third-order valence-corrected chi connectivity index (χ3v) is 3.49. The number of aromatic nitrogens is 1. The van der Waals surface area contributed by atoms with Crippen molar-refractivity contribution in [2.24, 2.45) is 0 Å². The minimum atomic E-state index is -0.796. The molecule has 1 heterocycles. The zero-order chi connectivity index (χ0) is 15.1. The number of aryl methyl sites for hydroxylation is 1. The van der Waals surface area contributed by atoms with E-state index in [2.05, 4.69) is 10.3 Å². The number of rotatable bonds is 7. The molecule has 1 aromatic heterocycles. The third kappa shape index (κ3) is 4.90. The van der Waals surface area contributed by atoms with E-state index >= 15 is 0 Å². The summed E-state index contributed by atoms with van der Waals surface area (Å²) < 4.78 is 26.2. The van der Waals surface area contributed by atoms with E-state index in [1.165, 1.54) is 17.7 Å². The Kier molecular flexibility index (Phi) is 5.81. The largest absolute Gasteiger partial charge is 0.314 e. The summed E-state index contributed by atoms with van der Waals surface area (Å²) in [7, 11) is 0. The Hall–Kier alpha value is -1.81. The van der Waals surface area contributed by atoms with Crippen LogP contribution in [0.1, 0.15) is 24.5 Å². The van der Waals surface area contributed by atoms with Gasteiger partial charge in [0.15, 0.2) is 11.6 Å². The van der Waals surface area contributed by atoms with Gasteiger partial charge in [-0.25, -0.2) is 8.78 Å². The molecule has 0 aliphatic carbocycles. The normalized spacial score (nSPS) is 12.3. The number of benzene rings is 1. The molecule has 1 atom stereocenters. The van der Waals surface area contributed by atoms with Crippen LogP contribution in [0, 0.1) is 11.6 Å². The number of hydrogen-bond donors (Lipinski definition) is 1. The third-order valence-electron chi connectivity index (χ3n) is 3.49. The zero-order valence-electron chi connectivity index (χ0n) is 12.2. The van der Waals surface area contributed by atoms with Crippen LogP contribution in [-0.2, 0) is 12.8 Å². The van der Waals surface area contributed by atoms with Crippen LogP contribution in [0.3, 0.4) is 0 Å². The van der Waals surface area contributed by atoms with E-state index in [0.29, 0.717) is 6.42 Å². The smallest absolute Gasteiger partial charge is 0.159 e.